The number of esters is 1. The molecule has 0 aromatic heterocycles. The van der Waals surface area contributed by atoms with Gasteiger partial charge in [0, 0.05) is 5.56 Å². The summed E-state index contributed by atoms with van der Waals surface area (Å²) in [5.74, 6) is 0.167. The van der Waals surface area contributed by atoms with E-state index in [2.05, 4.69) is 13.8 Å². The molecule has 0 saturated carbocycles. The zero-order valence-corrected chi connectivity index (χ0v) is 19.2. The molecule has 2 aromatic rings. The third-order valence-electron chi connectivity index (χ3n) is 4.34. The zero-order valence-electron chi connectivity index (χ0n) is 17.7. The summed E-state index contributed by atoms with van der Waals surface area (Å²) in [5.41, 5.74) is 2.85. The molecule has 0 spiro atoms. The minimum atomic E-state index is -0.979. The average molecular weight is 439 g/mol. The van der Waals surface area contributed by atoms with E-state index in [1.807, 2.05) is 25.1 Å². The summed E-state index contributed by atoms with van der Waals surface area (Å²) < 4.78 is 10.7. The van der Waals surface area contributed by atoms with Crippen LogP contribution in [0.3, 0.4) is 0 Å². The van der Waals surface area contributed by atoms with Gasteiger partial charge < -0.3 is 14.6 Å². The molecule has 0 fully saturated rings. The molecule has 0 heterocycles. The molecule has 158 valence electrons. The number of halogens is 2. The van der Waals surface area contributed by atoms with Crippen molar-refractivity contribution in [3.05, 3.63) is 62.6 Å². The van der Waals surface area contributed by atoms with Gasteiger partial charge in [-0.1, -0.05) is 55.2 Å². The number of benzene rings is 2. The van der Waals surface area contributed by atoms with Crippen LogP contribution in [-0.2, 0) is 9.53 Å². The van der Waals surface area contributed by atoms with Gasteiger partial charge in [0.2, 0.25) is 0 Å². The highest BCUT2D eigenvalue weighted by Crippen LogP contribution is 2.38. The van der Waals surface area contributed by atoms with Crippen LogP contribution >= 0.6 is 23.2 Å². The third kappa shape index (κ3) is 6.36. The van der Waals surface area contributed by atoms with Crippen LogP contribution in [0.1, 0.15) is 68.9 Å². The van der Waals surface area contributed by atoms with Crippen molar-refractivity contribution in [2.75, 3.05) is 6.61 Å². The average Bonchev–Trinajstić information content (AvgIpc) is 2.58. The lowest BCUT2D eigenvalue weighted by atomic mass is 9.92. The van der Waals surface area contributed by atoms with Crippen LogP contribution in [0.4, 0.5) is 0 Å². The molecule has 2 aromatic carbocycles. The summed E-state index contributed by atoms with van der Waals surface area (Å²) in [7, 11) is 0. The second-order valence-corrected chi connectivity index (χ2v) is 9.16. The molecule has 2 rings (SSSR count). The SMILES string of the molecule is Cc1ccc(C(O)c2c(Cl)cc(OCC(=O)OC(C)(C)C)cc2Cl)cc1C(C)C. The maximum Gasteiger partial charge on any atom is 0.344 e. The quantitative estimate of drug-likeness (QED) is 0.543. The van der Waals surface area contributed by atoms with Crippen molar-refractivity contribution in [3.8, 4) is 5.75 Å². The summed E-state index contributed by atoms with van der Waals surface area (Å²) in [4.78, 5) is 11.8. The molecule has 0 aliphatic heterocycles. The zero-order chi connectivity index (χ0) is 21.9. The first-order valence-corrected chi connectivity index (χ1v) is 10.3. The highest BCUT2D eigenvalue weighted by molar-refractivity contribution is 6.36. The fourth-order valence-electron chi connectivity index (χ4n) is 3.04. The standard InChI is InChI=1S/C23H28Cl2O4/c1-13(2)17-9-15(8-7-14(17)3)22(27)21-18(24)10-16(11-19(21)25)28-12-20(26)29-23(4,5)6/h7-11,13,22,27H,12H2,1-6H3. The highest BCUT2D eigenvalue weighted by atomic mass is 35.5. The number of aryl methyl sites for hydroxylation is 1. The predicted molar refractivity (Wildman–Crippen MR) is 117 cm³/mol. The van der Waals surface area contributed by atoms with E-state index in [4.69, 9.17) is 32.7 Å². The Morgan fingerprint density at radius 1 is 1.10 bits per heavy atom. The first-order valence-electron chi connectivity index (χ1n) is 9.51. The van der Waals surface area contributed by atoms with Crippen molar-refractivity contribution < 1.29 is 19.4 Å². The van der Waals surface area contributed by atoms with Crippen LogP contribution in [-0.4, -0.2) is 23.3 Å². The van der Waals surface area contributed by atoms with Crippen molar-refractivity contribution in [1.82, 2.24) is 0 Å². The monoisotopic (exact) mass is 438 g/mol. The molecule has 0 amide bonds. The predicted octanol–water partition coefficient (Wildman–Crippen LogP) is 6.23. The van der Waals surface area contributed by atoms with Gasteiger partial charge in [0.25, 0.3) is 0 Å². The molecule has 0 bridgehead atoms. The first-order chi connectivity index (χ1) is 13.4. The summed E-state index contributed by atoms with van der Waals surface area (Å²) in [6.07, 6.45) is -0.979. The topological polar surface area (TPSA) is 55.8 Å². The third-order valence-corrected chi connectivity index (χ3v) is 4.97. The molecule has 0 aliphatic rings. The van der Waals surface area contributed by atoms with Crippen molar-refractivity contribution in [2.45, 2.75) is 59.2 Å². The number of ether oxygens (including phenoxy) is 2. The summed E-state index contributed by atoms with van der Waals surface area (Å²) in [6, 6.07) is 8.89. The second-order valence-electron chi connectivity index (χ2n) is 8.35. The largest absolute Gasteiger partial charge is 0.482 e. The van der Waals surface area contributed by atoms with E-state index in [-0.39, 0.29) is 16.7 Å². The van der Waals surface area contributed by atoms with Crippen LogP contribution < -0.4 is 4.74 Å². The van der Waals surface area contributed by atoms with E-state index in [0.29, 0.717) is 22.8 Å². The Hall–Kier alpha value is -1.75. The Morgan fingerprint density at radius 2 is 1.69 bits per heavy atom. The van der Waals surface area contributed by atoms with Gasteiger partial charge >= 0.3 is 5.97 Å². The molecular weight excluding hydrogens is 411 g/mol. The van der Waals surface area contributed by atoms with Crippen LogP contribution in [0.25, 0.3) is 0 Å². The molecule has 6 heteroatoms. The maximum atomic E-state index is 11.8. The van der Waals surface area contributed by atoms with Gasteiger partial charge in [-0.3, -0.25) is 0 Å². The van der Waals surface area contributed by atoms with Gasteiger partial charge in [-0.05, 0) is 62.4 Å². The molecule has 0 radical (unpaired) electrons. The van der Waals surface area contributed by atoms with Crippen molar-refractivity contribution >= 4 is 29.2 Å². The lowest BCUT2D eigenvalue weighted by Crippen LogP contribution is -2.27. The molecule has 29 heavy (non-hydrogen) atoms. The van der Waals surface area contributed by atoms with E-state index >= 15 is 0 Å². The Balaban J connectivity index is 2.23. The number of carbonyl (C=O) groups excluding carboxylic acids is 1. The number of hydrogen-bond donors (Lipinski definition) is 1. The van der Waals surface area contributed by atoms with Crippen molar-refractivity contribution in [1.29, 1.82) is 0 Å². The minimum Gasteiger partial charge on any atom is -0.482 e. The van der Waals surface area contributed by atoms with Crippen molar-refractivity contribution in [2.24, 2.45) is 0 Å². The van der Waals surface area contributed by atoms with E-state index in [9.17, 15) is 9.90 Å². The molecule has 1 atom stereocenters. The van der Waals surface area contributed by atoms with Gasteiger partial charge in [-0.2, -0.15) is 0 Å². The van der Waals surface area contributed by atoms with Gasteiger partial charge in [0.15, 0.2) is 6.61 Å². The van der Waals surface area contributed by atoms with E-state index < -0.39 is 17.7 Å². The van der Waals surface area contributed by atoms with Gasteiger partial charge in [-0.15, -0.1) is 0 Å². The molecule has 4 nitrogen and oxygen atoms in total. The fraction of sp³-hybridized carbons (Fsp3) is 0.435. The normalized spacial score (nSPS) is 12.8. The van der Waals surface area contributed by atoms with E-state index in [1.165, 1.54) is 17.7 Å². The summed E-state index contributed by atoms with van der Waals surface area (Å²) >= 11 is 12.8. The molecule has 0 aliphatic carbocycles. The van der Waals surface area contributed by atoms with Crippen LogP contribution in [0.2, 0.25) is 10.0 Å². The number of aliphatic hydroxyl groups is 1. The molecule has 1 unspecified atom stereocenters. The van der Waals surface area contributed by atoms with E-state index in [1.54, 1.807) is 20.8 Å². The van der Waals surface area contributed by atoms with E-state index in [0.717, 1.165) is 5.56 Å². The number of hydrogen-bond acceptors (Lipinski definition) is 4. The Bertz CT molecular complexity index is 862. The Kier molecular flexibility index (Phi) is 7.61. The lowest BCUT2D eigenvalue weighted by molar-refractivity contribution is -0.157. The second kappa shape index (κ2) is 9.38. The number of rotatable bonds is 6. The lowest BCUT2D eigenvalue weighted by Gasteiger charge is -2.20. The van der Waals surface area contributed by atoms with Crippen molar-refractivity contribution in [3.63, 3.8) is 0 Å². The van der Waals surface area contributed by atoms with Crippen LogP contribution in [0, 0.1) is 6.92 Å². The Labute approximate surface area is 182 Å². The smallest absolute Gasteiger partial charge is 0.344 e. The van der Waals surface area contributed by atoms with Gasteiger partial charge in [0.1, 0.15) is 17.5 Å². The summed E-state index contributed by atoms with van der Waals surface area (Å²) in [5, 5.41) is 11.4. The van der Waals surface area contributed by atoms with Gasteiger partial charge in [0.05, 0.1) is 10.0 Å². The van der Waals surface area contributed by atoms with Crippen LogP contribution in [0.15, 0.2) is 30.3 Å². The molecule has 1 N–H and O–H groups in total. The fourth-order valence-corrected chi connectivity index (χ4v) is 3.71. The number of carbonyl (C=O) groups is 1. The Morgan fingerprint density at radius 3 is 2.21 bits per heavy atom. The maximum absolute atomic E-state index is 11.8. The highest BCUT2D eigenvalue weighted by Gasteiger charge is 2.21. The molecule has 0 saturated heterocycles. The van der Waals surface area contributed by atoms with Gasteiger partial charge in [-0.25, -0.2) is 4.79 Å². The number of aliphatic hydroxyl groups excluding tert-OH is 1. The first kappa shape index (κ1) is 23.5. The summed E-state index contributed by atoms with van der Waals surface area (Å²) in [6.45, 7) is 11.3. The van der Waals surface area contributed by atoms with Crippen LogP contribution in [0.5, 0.6) is 5.75 Å². The minimum absolute atomic E-state index is 0.260. The molecular formula is C23H28Cl2O4.